The van der Waals surface area contributed by atoms with Gasteiger partial charge in [-0.1, -0.05) is 46.4 Å². The van der Waals surface area contributed by atoms with E-state index in [1.54, 1.807) is 0 Å². The van der Waals surface area contributed by atoms with Crippen LogP contribution in [0.5, 0.6) is 0 Å². The zero-order valence-electron chi connectivity index (χ0n) is 6.06. The maximum Gasteiger partial charge on any atom is 0.280 e. The fraction of sp³-hybridized carbons (Fsp3) is 0. The second kappa shape index (κ2) is 4.20. The molecule has 1 aromatic rings. The summed E-state index contributed by atoms with van der Waals surface area (Å²) in [4.78, 5) is 3.40. The van der Waals surface area contributed by atoms with Crippen molar-refractivity contribution in [2.45, 2.75) is 5.03 Å². The minimum Gasteiger partial charge on any atom is -0.220 e. The zero-order chi connectivity index (χ0) is 11.1. The van der Waals surface area contributed by atoms with Crippen LogP contribution in [0, 0.1) is 0 Å². The van der Waals surface area contributed by atoms with Crippen LogP contribution in [0.15, 0.2) is 5.03 Å². The van der Waals surface area contributed by atoms with Crippen LogP contribution in [-0.2, 0) is 9.05 Å². The summed E-state index contributed by atoms with van der Waals surface area (Å²) in [6, 6.07) is 0. The van der Waals surface area contributed by atoms with E-state index in [0.717, 1.165) is 0 Å². The number of nitrogens with zero attached hydrogens (tertiary/aromatic N) is 1. The number of halogens is 5. The van der Waals surface area contributed by atoms with Crippen molar-refractivity contribution in [3.05, 3.63) is 20.2 Å². The Morgan fingerprint density at radius 2 is 1.43 bits per heavy atom. The van der Waals surface area contributed by atoms with Gasteiger partial charge in [-0.25, -0.2) is 13.4 Å². The van der Waals surface area contributed by atoms with Gasteiger partial charge < -0.3 is 0 Å². The second-order valence-electron chi connectivity index (χ2n) is 2.09. The highest BCUT2D eigenvalue weighted by atomic mass is 35.7. The Hall–Kier alpha value is 0.550. The van der Waals surface area contributed by atoms with Crippen LogP contribution in [0.4, 0.5) is 0 Å². The first-order chi connectivity index (χ1) is 6.25. The summed E-state index contributed by atoms with van der Waals surface area (Å²) in [5, 5.41) is -1.56. The van der Waals surface area contributed by atoms with E-state index in [-0.39, 0.29) is 20.2 Å². The fourth-order valence-electron chi connectivity index (χ4n) is 0.630. The molecule has 0 radical (unpaired) electrons. The molecule has 0 bridgehead atoms. The molecule has 0 aliphatic carbocycles. The van der Waals surface area contributed by atoms with Gasteiger partial charge in [-0.2, -0.15) is 0 Å². The van der Waals surface area contributed by atoms with Crippen molar-refractivity contribution in [2.75, 3.05) is 0 Å². The van der Waals surface area contributed by atoms with Crippen LogP contribution in [0.3, 0.4) is 0 Å². The SMILES string of the molecule is O=S(=O)(Cl)c1nc(Cl)c(Cl)c(Cl)c1Cl. The van der Waals surface area contributed by atoms with Crippen molar-refractivity contribution in [1.82, 2.24) is 4.98 Å². The normalized spacial score (nSPS) is 11.8. The molecule has 0 N–H and O–H groups in total. The van der Waals surface area contributed by atoms with Crippen LogP contribution >= 0.6 is 57.1 Å². The van der Waals surface area contributed by atoms with Gasteiger partial charge in [0.05, 0.1) is 15.1 Å². The van der Waals surface area contributed by atoms with E-state index in [0.29, 0.717) is 0 Å². The highest BCUT2D eigenvalue weighted by Gasteiger charge is 2.23. The van der Waals surface area contributed by atoms with E-state index in [1.807, 2.05) is 0 Å². The lowest BCUT2D eigenvalue weighted by molar-refractivity contribution is 0.606. The third kappa shape index (κ3) is 2.38. The van der Waals surface area contributed by atoms with Crippen molar-refractivity contribution in [1.29, 1.82) is 0 Å². The standard InChI is InChI=1S/C5Cl5NO2S/c6-1-2(7)4(9)11-5(3(1)8)14(10,12)13. The molecule has 0 aromatic carbocycles. The Balaban J connectivity index is 3.66. The second-order valence-corrected chi connectivity index (χ2v) is 6.06. The van der Waals surface area contributed by atoms with E-state index in [2.05, 4.69) is 4.98 Å². The topological polar surface area (TPSA) is 47.0 Å². The molecule has 1 aromatic heterocycles. The molecular formula is C5Cl5NO2S. The number of rotatable bonds is 1. The van der Waals surface area contributed by atoms with Gasteiger partial charge in [0.15, 0.2) is 10.2 Å². The Morgan fingerprint density at radius 3 is 1.86 bits per heavy atom. The molecule has 0 aliphatic heterocycles. The molecule has 0 amide bonds. The summed E-state index contributed by atoms with van der Waals surface area (Å²) in [5.41, 5.74) is 0. The van der Waals surface area contributed by atoms with Gasteiger partial charge in [-0.15, -0.1) is 0 Å². The summed E-state index contributed by atoms with van der Waals surface area (Å²) < 4.78 is 21.9. The van der Waals surface area contributed by atoms with Gasteiger partial charge >= 0.3 is 0 Å². The van der Waals surface area contributed by atoms with Gasteiger partial charge in [-0.3, -0.25) is 0 Å². The number of hydrogen-bond donors (Lipinski definition) is 0. The average molecular weight is 315 g/mol. The lowest BCUT2D eigenvalue weighted by atomic mass is 10.5. The van der Waals surface area contributed by atoms with Gasteiger partial charge in [0.25, 0.3) is 9.05 Å². The molecule has 1 rings (SSSR count). The largest absolute Gasteiger partial charge is 0.280 e. The summed E-state index contributed by atoms with van der Waals surface area (Å²) in [6.07, 6.45) is 0. The molecule has 14 heavy (non-hydrogen) atoms. The molecule has 0 fully saturated rings. The minimum atomic E-state index is -4.09. The van der Waals surface area contributed by atoms with Crippen molar-refractivity contribution >= 4 is 66.1 Å². The average Bonchev–Trinajstić information content (AvgIpc) is 2.06. The third-order valence-electron chi connectivity index (χ3n) is 1.18. The van der Waals surface area contributed by atoms with Crippen molar-refractivity contribution < 1.29 is 8.42 Å². The van der Waals surface area contributed by atoms with Gasteiger partial charge in [-0.05, 0) is 0 Å². The maximum absolute atomic E-state index is 10.9. The van der Waals surface area contributed by atoms with Gasteiger partial charge in [0, 0.05) is 10.7 Å². The highest BCUT2D eigenvalue weighted by Crippen LogP contribution is 2.38. The predicted octanol–water partition coefficient (Wildman–Crippen LogP) is 3.62. The van der Waals surface area contributed by atoms with Crippen LogP contribution in [0.25, 0.3) is 0 Å². The first-order valence-electron chi connectivity index (χ1n) is 2.89. The summed E-state index contributed by atoms with van der Waals surface area (Å²) in [7, 11) is 0.931. The maximum atomic E-state index is 10.9. The molecular weight excluding hydrogens is 315 g/mol. The lowest BCUT2D eigenvalue weighted by Crippen LogP contribution is -1.98. The van der Waals surface area contributed by atoms with Crippen LogP contribution in [0.1, 0.15) is 0 Å². The molecule has 0 saturated carbocycles. The van der Waals surface area contributed by atoms with E-state index in [1.165, 1.54) is 0 Å². The number of hydrogen-bond acceptors (Lipinski definition) is 3. The van der Waals surface area contributed by atoms with Crippen LogP contribution in [-0.4, -0.2) is 13.4 Å². The van der Waals surface area contributed by atoms with Crippen LogP contribution < -0.4 is 0 Å². The van der Waals surface area contributed by atoms with Crippen molar-refractivity contribution in [3.8, 4) is 0 Å². The molecule has 0 spiro atoms. The zero-order valence-corrected chi connectivity index (χ0v) is 10.7. The Kier molecular flexibility index (Phi) is 3.78. The predicted molar refractivity (Wildman–Crippen MR) is 57.3 cm³/mol. The van der Waals surface area contributed by atoms with Crippen LogP contribution in [0.2, 0.25) is 20.2 Å². The van der Waals surface area contributed by atoms with Crippen molar-refractivity contribution in [2.24, 2.45) is 0 Å². The van der Waals surface area contributed by atoms with Gasteiger partial charge in [0.1, 0.15) is 0 Å². The van der Waals surface area contributed by atoms with E-state index >= 15 is 0 Å². The van der Waals surface area contributed by atoms with Crippen molar-refractivity contribution in [3.63, 3.8) is 0 Å². The first-order valence-corrected chi connectivity index (χ1v) is 6.72. The quantitative estimate of drug-likeness (QED) is 0.587. The smallest absolute Gasteiger partial charge is 0.220 e. The Morgan fingerprint density at radius 1 is 0.929 bits per heavy atom. The monoisotopic (exact) mass is 313 g/mol. The highest BCUT2D eigenvalue weighted by molar-refractivity contribution is 8.13. The molecule has 0 saturated heterocycles. The van der Waals surface area contributed by atoms with E-state index in [4.69, 9.17) is 57.1 Å². The lowest BCUT2D eigenvalue weighted by Gasteiger charge is -2.04. The Labute approximate surface area is 104 Å². The fourth-order valence-corrected chi connectivity index (χ4v) is 2.74. The summed E-state index contributed by atoms with van der Waals surface area (Å²) in [6.45, 7) is 0. The molecule has 0 aliphatic rings. The van der Waals surface area contributed by atoms with E-state index in [9.17, 15) is 8.42 Å². The van der Waals surface area contributed by atoms with E-state index < -0.39 is 14.1 Å². The molecule has 1 heterocycles. The number of pyridine rings is 1. The summed E-state index contributed by atoms with van der Waals surface area (Å²) in [5.74, 6) is 0. The third-order valence-corrected chi connectivity index (χ3v) is 4.17. The minimum absolute atomic E-state index is 0.123. The molecule has 0 unspecified atom stereocenters. The number of aromatic nitrogens is 1. The van der Waals surface area contributed by atoms with Gasteiger partial charge in [0.2, 0.25) is 0 Å². The first kappa shape index (κ1) is 12.6. The molecule has 0 atom stereocenters. The molecule has 78 valence electrons. The Bertz CT molecular complexity index is 485. The summed E-state index contributed by atoms with van der Waals surface area (Å²) >= 11 is 22.2. The molecule has 3 nitrogen and oxygen atoms in total. The molecule has 9 heteroatoms.